The Morgan fingerprint density at radius 2 is 1.78 bits per heavy atom. The number of phenolic OH excluding ortho intramolecular Hbond substituents is 1. The number of phenols is 1. The lowest BCUT2D eigenvalue weighted by molar-refractivity contribution is -0.384. The number of hydrogen-bond acceptors (Lipinski definition) is 4. The lowest BCUT2D eigenvalue weighted by atomic mass is 10.2. The second-order valence-corrected chi connectivity index (χ2v) is 3.68. The third-order valence-corrected chi connectivity index (χ3v) is 2.41. The van der Waals surface area contributed by atoms with Crippen LogP contribution in [0.2, 0.25) is 0 Å². The van der Waals surface area contributed by atoms with E-state index in [1.54, 1.807) is 30.3 Å². The van der Waals surface area contributed by atoms with E-state index in [1.165, 1.54) is 18.2 Å². The summed E-state index contributed by atoms with van der Waals surface area (Å²) in [7, 11) is 0. The van der Waals surface area contributed by atoms with E-state index >= 15 is 0 Å². The van der Waals surface area contributed by atoms with Crippen molar-refractivity contribution in [3.05, 3.63) is 64.2 Å². The maximum atomic E-state index is 10.5. The minimum atomic E-state index is -0.451. The molecule has 0 saturated heterocycles. The third-order valence-electron chi connectivity index (χ3n) is 2.41. The molecule has 0 aliphatic heterocycles. The number of hydrogen-bond donors (Lipinski definition) is 1. The molecule has 0 amide bonds. The van der Waals surface area contributed by atoms with Gasteiger partial charge < -0.3 is 9.84 Å². The van der Waals surface area contributed by atoms with Crippen molar-refractivity contribution in [3.8, 4) is 11.5 Å². The molecule has 18 heavy (non-hydrogen) atoms. The van der Waals surface area contributed by atoms with Gasteiger partial charge in [0.1, 0.15) is 6.61 Å². The van der Waals surface area contributed by atoms with Crippen LogP contribution in [0.4, 0.5) is 5.69 Å². The van der Waals surface area contributed by atoms with Crippen LogP contribution in [0, 0.1) is 10.1 Å². The summed E-state index contributed by atoms with van der Waals surface area (Å²) in [5.41, 5.74) is 0.838. The third kappa shape index (κ3) is 2.76. The summed E-state index contributed by atoms with van der Waals surface area (Å²) in [5, 5.41) is 20.0. The van der Waals surface area contributed by atoms with Crippen LogP contribution in [0.25, 0.3) is 0 Å². The second kappa shape index (κ2) is 5.18. The van der Waals surface area contributed by atoms with Crippen molar-refractivity contribution < 1.29 is 14.8 Å². The molecule has 0 fully saturated rings. The zero-order valence-electron chi connectivity index (χ0n) is 9.45. The SMILES string of the molecule is O=[N+]([O-])c1ccc(COc2ccccc2O)cc1. The van der Waals surface area contributed by atoms with Gasteiger partial charge in [0.25, 0.3) is 5.69 Å². The summed E-state index contributed by atoms with van der Waals surface area (Å²) in [5.74, 6) is 0.454. The predicted octanol–water partition coefficient (Wildman–Crippen LogP) is 2.88. The number of nitro benzene ring substituents is 1. The van der Waals surface area contributed by atoms with E-state index in [4.69, 9.17) is 4.74 Å². The topological polar surface area (TPSA) is 72.6 Å². The highest BCUT2D eigenvalue weighted by Gasteiger charge is 2.05. The van der Waals surface area contributed by atoms with E-state index in [0.717, 1.165) is 5.56 Å². The molecule has 0 bridgehead atoms. The minimum absolute atomic E-state index is 0.0429. The molecule has 0 radical (unpaired) electrons. The molecular formula is C13H11NO4. The first-order valence-corrected chi connectivity index (χ1v) is 5.31. The molecule has 0 spiro atoms. The van der Waals surface area contributed by atoms with Crippen LogP contribution < -0.4 is 4.74 Å². The van der Waals surface area contributed by atoms with Gasteiger partial charge in [-0.1, -0.05) is 12.1 Å². The van der Waals surface area contributed by atoms with E-state index in [0.29, 0.717) is 5.75 Å². The van der Waals surface area contributed by atoms with Crippen molar-refractivity contribution in [2.24, 2.45) is 0 Å². The van der Waals surface area contributed by atoms with Crippen molar-refractivity contribution in [1.82, 2.24) is 0 Å². The molecule has 0 atom stereocenters. The zero-order valence-corrected chi connectivity index (χ0v) is 9.45. The Labute approximate surface area is 103 Å². The summed E-state index contributed by atoms with van der Waals surface area (Å²) < 4.78 is 5.40. The highest BCUT2D eigenvalue weighted by Crippen LogP contribution is 2.25. The van der Waals surface area contributed by atoms with E-state index < -0.39 is 4.92 Å². The van der Waals surface area contributed by atoms with Crippen molar-refractivity contribution in [1.29, 1.82) is 0 Å². The average Bonchev–Trinajstić information content (AvgIpc) is 2.38. The molecule has 5 heteroatoms. The average molecular weight is 245 g/mol. The Balaban J connectivity index is 2.02. The maximum Gasteiger partial charge on any atom is 0.269 e. The van der Waals surface area contributed by atoms with Crippen molar-refractivity contribution in [2.45, 2.75) is 6.61 Å². The van der Waals surface area contributed by atoms with Crippen LogP contribution in [0.5, 0.6) is 11.5 Å². The van der Waals surface area contributed by atoms with Gasteiger partial charge in [0.05, 0.1) is 4.92 Å². The summed E-state index contributed by atoms with van der Waals surface area (Å²) in [6.45, 7) is 0.246. The largest absolute Gasteiger partial charge is 0.504 e. The Bertz CT molecular complexity index is 551. The molecule has 92 valence electrons. The van der Waals surface area contributed by atoms with Gasteiger partial charge in [-0.15, -0.1) is 0 Å². The van der Waals surface area contributed by atoms with Crippen LogP contribution in [-0.4, -0.2) is 10.0 Å². The number of non-ortho nitro benzene ring substituents is 1. The van der Waals surface area contributed by atoms with E-state index in [2.05, 4.69) is 0 Å². The number of ether oxygens (including phenoxy) is 1. The van der Waals surface area contributed by atoms with E-state index in [9.17, 15) is 15.2 Å². The van der Waals surface area contributed by atoms with Gasteiger partial charge in [-0.05, 0) is 29.8 Å². The van der Waals surface area contributed by atoms with Crippen molar-refractivity contribution >= 4 is 5.69 Å². The number of benzene rings is 2. The number of para-hydroxylation sites is 2. The Kier molecular flexibility index (Phi) is 3.43. The quantitative estimate of drug-likeness (QED) is 0.664. The summed E-state index contributed by atoms with van der Waals surface area (Å²) in [6, 6.07) is 12.7. The van der Waals surface area contributed by atoms with Gasteiger partial charge in [0, 0.05) is 12.1 Å². The van der Waals surface area contributed by atoms with Gasteiger partial charge >= 0.3 is 0 Å². The molecule has 0 unspecified atom stereocenters. The Morgan fingerprint density at radius 3 is 2.39 bits per heavy atom. The van der Waals surface area contributed by atoms with Crippen molar-refractivity contribution in [3.63, 3.8) is 0 Å². The van der Waals surface area contributed by atoms with Gasteiger partial charge in [0.2, 0.25) is 0 Å². The van der Waals surface area contributed by atoms with Crippen LogP contribution in [0.1, 0.15) is 5.56 Å². The van der Waals surface area contributed by atoms with Crippen LogP contribution in [0.3, 0.4) is 0 Å². The van der Waals surface area contributed by atoms with E-state index in [1.807, 2.05) is 0 Å². The molecule has 1 N–H and O–H groups in total. The van der Waals surface area contributed by atoms with Gasteiger partial charge in [0.15, 0.2) is 11.5 Å². The smallest absolute Gasteiger partial charge is 0.269 e. The summed E-state index contributed by atoms with van der Waals surface area (Å²) in [6.07, 6.45) is 0. The van der Waals surface area contributed by atoms with Crippen LogP contribution in [-0.2, 0) is 6.61 Å². The van der Waals surface area contributed by atoms with Crippen LogP contribution >= 0.6 is 0 Å². The molecule has 0 aliphatic rings. The highest BCUT2D eigenvalue weighted by molar-refractivity contribution is 5.38. The molecule has 2 rings (SSSR count). The Hall–Kier alpha value is -2.56. The summed E-state index contributed by atoms with van der Waals surface area (Å²) >= 11 is 0. The fourth-order valence-electron chi connectivity index (χ4n) is 1.45. The number of rotatable bonds is 4. The maximum absolute atomic E-state index is 10.5. The lowest BCUT2D eigenvalue weighted by Gasteiger charge is -2.07. The first kappa shape index (κ1) is 11.9. The van der Waals surface area contributed by atoms with Crippen molar-refractivity contribution in [2.75, 3.05) is 0 Å². The first-order chi connectivity index (χ1) is 8.66. The minimum Gasteiger partial charge on any atom is -0.504 e. The molecule has 2 aromatic rings. The van der Waals surface area contributed by atoms with Gasteiger partial charge in [-0.25, -0.2) is 0 Å². The predicted molar refractivity (Wildman–Crippen MR) is 65.5 cm³/mol. The summed E-state index contributed by atoms with van der Waals surface area (Å²) in [4.78, 5) is 10.0. The van der Waals surface area contributed by atoms with Gasteiger partial charge in [-0.3, -0.25) is 10.1 Å². The lowest BCUT2D eigenvalue weighted by Crippen LogP contribution is -1.96. The van der Waals surface area contributed by atoms with Gasteiger partial charge in [-0.2, -0.15) is 0 Å². The van der Waals surface area contributed by atoms with E-state index in [-0.39, 0.29) is 18.0 Å². The second-order valence-electron chi connectivity index (χ2n) is 3.68. The fraction of sp³-hybridized carbons (Fsp3) is 0.0769. The fourth-order valence-corrected chi connectivity index (χ4v) is 1.45. The normalized spacial score (nSPS) is 10.0. The molecule has 0 heterocycles. The highest BCUT2D eigenvalue weighted by atomic mass is 16.6. The first-order valence-electron chi connectivity index (χ1n) is 5.31. The number of nitrogens with zero attached hydrogens (tertiary/aromatic N) is 1. The zero-order chi connectivity index (χ0) is 13.0. The molecular weight excluding hydrogens is 234 g/mol. The number of nitro groups is 1. The Morgan fingerprint density at radius 1 is 1.11 bits per heavy atom. The number of aromatic hydroxyl groups is 1. The molecule has 0 aliphatic carbocycles. The standard InChI is InChI=1S/C13H11NO4/c15-12-3-1-2-4-13(12)18-9-10-5-7-11(8-6-10)14(16)17/h1-8,15H,9H2. The molecule has 0 aromatic heterocycles. The molecule has 0 saturated carbocycles. The monoisotopic (exact) mass is 245 g/mol. The molecule has 2 aromatic carbocycles. The van der Waals surface area contributed by atoms with Crippen LogP contribution in [0.15, 0.2) is 48.5 Å². The molecule has 5 nitrogen and oxygen atoms in total.